The van der Waals surface area contributed by atoms with E-state index in [4.69, 9.17) is 27.9 Å². The van der Waals surface area contributed by atoms with Crippen LogP contribution in [0.4, 0.5) is 0 Å². The summed E-state index contributed by atoms with van der Waals surface area (Å²) in [4.78, 5) is 27.3. The van der Waals surface area contributed by atoms with Gasteiger partial charge in [0.2, 0.25) is 11.8 Å². The van der Waals surface area contributed by atoms with E-state index in [-0.39, 0.29) is 24.8 Å². The molecular formula is C25H32Cl2N2O3. The van der Waals surface area contributed by atoms with E-state index >= 15 is 0 Å². The van der Waals surface area contributed by atoms with E-state index in [9.17, 15) is 9.59 Å². The minimum absolute atomic E-state index is 0.110. The van der Waals surface area contributed by atoms with Gasteiger partial charge >= 0.3 is 0 Å². The number of carbonyl (C=O) groups excluding carboxylic acids is 2. The number of nitrogens with one attached hydrogen (secondary N) is 1. The SMILES string of the molecule is CCCCNC(=O)C(C)N(Cc1ccc(Cl)c(Cl)c1)C(=O)CCCOc1ccc(C)cc1. The molecule has 0 heterocycles. The van der Waals surface area contributed by atoms with Crippen LogP contribution in [0.5, 0.6) is 5.75 Å². The Labute approximate surface area is 201 Å². The van der Waals surface area contributed by atoms with Crippen LogP contribution in [0, 0.1) is 6.92 Å². The van der Waals surface area contributed by atoms with Crippen LogP contribution in [0.15, 0.2) is 42.5 Å². The molecule has 1 N–H and O–H groups in total. The molecule has 2 rings (SSSR count). The molecule has 7 heteroatoms. The molecule has 5 nitrogen and oxygen atoms in total. The van der Waals surface area contributed by atoms with E-state index in [1.807, 2.05) is 37.3 Å². The molecule has 0 aliphatic heterocycles. The van der Waals surface area contributed by atoms with Crippen LogP contribution >= 0.6 is 23.2 Å². The van der Waals surface area contributed by atoms with Gasteiger partial charge in [-0.15, -0.1) is 0 Å². The number of benzene rings is 2. The lowest BCUT2D eigenvalue weighted by molar-refractivity contribution is -0.140. The van der Waals surface area contributed by atoms with Gasteiger partial charge in [-0.05, 0) is 56.5 Å². The van der Waals surface area contributed by atoms with E-state index in [0.29, 0.717) is 29.6 Å². The lowest BCUT2D eigenvalue weighted by Gasteiger charge is -2.29. The molecule has 0 fully saturated rings. The van der Waals surface area contributed by atoms with Crippen molar-refractivity contribution in [3.05, 3.63) is 63.6 Å². The zero-order valence-electron chi connectivity index (χ0n) is 19.0. The average Bonchev–Trinajstić information content (AvgIpc) is 2.78. The molecule has 2 aromatic rings. The first-order valence-corrected chi connectivity index (χ1v) is 11.8. The van der Waals surface area contributed by atoms with Crippen molar-refractivity contribution in [2.24, 2.45) is 0 Å². The highest BCUT2D eigenvalue weighted by Gasteiger charge is 2.25. The van der Waals surface area contributed by atoms with E-state index in [2.05, 4.69) is 12.2 Å². The van der Waals surface area contributed by atoms with Gasteiger partial charge in [-0.2, -0.15) is 0 Å². The monoisotopic (exact) mass is 478 g/mol. The van der Waals surface area contributed by atoms with Gasteiger partial charge in [0.15, 0.2) is 0 Å². The smallest absolute Gasteiger partial charge is 0.242 e. The number of rotatable bonds is 12. The van der Waals surface area contributed by atoms with Gasteiger partial charge in [0.05, 0.1) is 16.7 Å². The summed E-state index contributed by atoms with van der Waals surface area (Å²) in [7, 11) is 0. The van der Waals surface area contributed by atoms with Crippen LogP contribution in [0.2, 0.25) is 10.0 Å². The second kappa shape index (κ2) is 13.3. The summed E-state index contributed by atoms with van der Waals surface area (Å²) in [6.07, 6.45) is 2.71. The Kier molecular flexibility index (Phi) is 10.8. The van der Waals surface area contributed by atoms with Crippen molar-refractivity contribution in [1.82, 2.24) is 10.2 Å². The highest BCUT2D eigenvalue weighted by molar-refractivity contribution is 6.42. The number of carbonyl (C=O) groups is 2. The largest absolute Gasteiger partial charge is 0.494 e. The van der Waals surface area contributed by atoms with Gasteiger partial charge < -0.3 is 15.0 Å². The van der Waals surface area contributed by atoms with Gasteiger partial charge in [-0.25, -0.2) is 0 Å². The zero-order valence-corrected chi connectivity index (χ0v) is 20.5. The Morgan fingerprint density at radius 3 is 2.44 bits per heavy atom. The number of aryl methyl sites for hydroxylation is 1. The summed E-state index contributed by atoms with van der Waals surface area (Å²) < 4.78 is 5.73. The summed E-state index contributed by atoms with van der Waals surface area (Å²) in [6.45, 7) is 7.13. The number of nitrogens with zero attached hydrogens (tertiary/aromatic N) is 1. The fourth-order valence-corrected chi connectivity index (χ4v) is 3.47. The third-order valence-corrected chi connectivity index (χ3v) is 5.90. The third-order valence-electron chi connectivity index (χ3n) is 5.16. The van der Waals surface area contributed by atoms with Crippen molar-refractivity contribution >= 4 is 35.0 Å². The number of halogens is 2. The number of hydrogen-bond acceptors (Lipinski definition) is 3. The minimum atomic E-state index is -0.605. The van der Waals surface area contributed by atoms with Crippen LogP contribution in [0.1, 0.15) is 50.7 Å². The van der Waals surface area contributed by atoms with Gasteiger partial charge in [0.25, 0.3) is 0 Å². The number of unbranched alkanes of at least 4 members (excludes halogenated alkanes) is 1. The molecule has 1 unspecified atom stereocenters. The Bertz CT molecular complexity index is 887. The lowest BCUT2D eigenvalue weighted by atomic mass is 10.1. The predicted octanol–water partition coefficient (Wildman–Crippen LogP) is 5.79. The maximum Gasteiger partial charge on any atom is 0.242 e. The van der Waals surface area contributed by atoms with Crippen LogP contribution in [0.25, 0.3) is 0 Å². The van der Waals surface area contributed by atoms with Crippen LogP contribution in [-0.4, -0.2) is 35.9 Å². The van der Waals surface area contributed by atoms with E-state index in [1.165, 1.54) is 0 Å². The van der Waals surface area contributed by atoms with Crippen molar-refractivity contribution in [3.8, 4) is 5.75 Å². The van der Waals surface area contributed by atoms with Gasteiger partial charge in [0, 0.05) is 19.5 Å². The summed E-state index contributed by atoms with van der Waals surface area (Å²) >= 11 is 12.2. The Morgan fingerprint density at radius 1 is 1.06 bits per heavy atom. The first-order valence-electron chi connectivity index (χ1n) is 11.0. The number of ether oxygens (including phenoxy) is 1. The summed E-state index contributed by atoms with van der Waals surface area (Å²) in [5.74, 6) is 0.504. The van der Waals surface area contributed by atoms with Crippen molar-refractivity contribution in [1.29, 1.82) is 0 Å². The molecule has 0 spiro atoms. The normalized spacial score (nSPS) is 11.7. The fraction of sp³-hybridized carbons (Fsp3) is 0.440. The van der Waals surface area contributed by atoms with Crippen LogP contribution in [0.3, 0.4) is 0 Å². The number of hydrogen-bond donors (Lipinski definition) is 1. The first-order chi connectivity index (χ1) is 15.3. The van der Waals surface area contributed by atoms with E-state index in [0.717, 1.165) is 29.7 Å². The molecule has 1 atom stereocenters. The number of amides is 2. The minimum Gasteiger partial charge on any atom is -0.494 e. The summed E-state index contributed by atoms with van der Waals surface area (Å²) in [5, 5.41) is 3.78. The van der Waals surface area contributed by atoms with Crippen molar-refractivity contribution in [3.63, 3.8) is 0 Å². The second-order valence-corrected chi connectivity index (χ2v) is 8.67. The van der Waals surface area contributed by atoms with Crippen molar-refractivity contribution in [2.75, 3.05) is 13.2 Å². The summed E-state index contributed by atoms with van der Waals surface area (Å²) in [5.41, 5.74) is 1.98. The van der Waals surface area contributed by atoms with E-state index in [1.54, 1.807) is 24.0 Å². The van der Waals surface area contributed by atoms with Crippen molar-refractivity contribution in [2.45, 2.75) is 59.0 Å². The third kappa shape index (κ3) is 8.36. The molecule has 0 radical (unpaired) electrons. The van der Waals surface area contributed by atoms with Crippen LogP contribution in [-0.2, 0) is 16.1 Å². The highest BCUT2D eigenvalue weighted by atomic mass is 35.5. The lowest BCUT2D eigenvalue weighted by Crippen LogP contribution is -2.47. The van der Waals surface area contributed by atoms with Crippen LogP contribution < -0.4 is 10.1 Å². The van der Waals surface area contributed by atoms with Gasteiger partial charge in [-0.1, -0.05) is 60.3 Å². The molecule has 0 bridgehead atoms. The second-order valence-electron chi connectivity index (χ2n) is 7.86. The topological polar surface area (TPSA) is 58.6 Å². The molecule has 174 valence electrons. The van der Waals surface area contributed by atoms with Gasteiger partial charge in [0.1, 0.15) is 11.8 Å². The predicted molar refractivity (Wildman–Crippen MR) is 130 cm³/mol. The maximum absolute atomic E-state index is 13.1. The summed E-state index contributed by atoms with van der Waals surface area (Å²) in [6, 6.07) is 12.4. The van der Waals surface area contributed by atoms with Crippen molar-refractivity contribution < 1.29 is 14.3 Å². The quantitative estimate of drug-likeness (QED) is 0.392. The molecule has 2 amide bonds. The molecule has 0 saturated carbocycles. The molecule has 0 aliphatic carbocycles. The Hall–Kier alpha value is -2.24. The zero-order chi connectivity index (χ0) is 23.5. The highest BCUT2D eigenvalue weighted by Crippen LogP contribution is 2.24. The molecule has 32 heavy (non-hydrogen) atoms. The molecule has 0 aromatic heterocycles. The first kappa shape index (κ1) is 26.0. The molecule has 0 aliphatic rings. The standard InChI is InChI=1S/C25H32Cl2N2O3/c1-4-5-14-28-25(31)19(3)29(17-20-10-13-22(26)23(27)16-20)24(30)7-6-15-32-21-11-8-18(2)9-12-21/h8-13,16,19H,4-7,14-15,17H2,1-3H3,(H,28,31). The van der Waals surface area contributed by atoms with E-state index < -0.39 is 6.04 Å². The Balaban J connectivity index is 2.00. The Morgan fingerprint density at radius 2 is 1.78 bits per heavy atom. The molecular weight excluding hydrogens is 447 g/mol. The molecule has 2 aromatic carbocycles. The fourth-order valence-electron chi connectivity index (χ4n) is 3.14. The van der Waals surface area contributed by atoms with Gasteiger partial charge in [-0.3, -0.25) is 9.59 Å². The maximum atomic E-state index is 13.1. The molecule has 0 saturated heterocycles. The average molecular weight is 479 g/mol.